The maximum absolute atomic E-state index is 5.16. The van der Waals surface area contributed by atoms with Crippen LogP contribution in [-0.2, 0) is 0 Å². The number of nitrogens with one attached hydrogen (secondary N) is 1. The SMILES string of the molecule is CCN(CC)c1cc(C)c(Nc2ccnc(N3CCN(c4ccc(OC)nc4)CC3)n2)cc1C. The molecule has 1 aliphatic heterocycles. The summed E-state index contributed by atoms with van der Waals surface area (Å²) in [6.07, 6.45) is 3.70. The maximum Gasteiger partial charge on any atom is 0.227 e. The minimum atomic E-state index is 0.633. The molecular weight excluding hydrogens is 426 g/mol. The Morgan fingerprint density at radius 3 is 2.32 bits per heavy atom. The van der Waals surface area contributed by atoms with E-state index in [1.807, 2.05) is 24.5 Å². The van der Waals surface area contributed by atoms with Crippen LogP contribution in [-0.4, -0.2) is 61.3 Å². The van der Waals surface area contributed by atoms with Gasteiger partial charge in [-0.2, -0.15) is 4.98 Å². The lowest BCUT2D eigenvalue weighted by Crippen LogP contribution is -2.47. The molecule has 8 heteroatoms. The van der Waals surface area contributed by atoms with Crippen LogP contribution in [0.5, 0.6) is 5.88 Å². The zero-order valence-electron chi connectivity index (χ0n) is 20.9. The molecule has 0 saturated carbocycles. The van der Waals surface area contributed by atoms with Gasteiger partial charge in [0, 0.05) is 62.9 Å². The third kappa shape index (κ3) is 5.16. The predicted molar refractivity (Wildman–Crippen MR) is 140 cm³/mol. The lowest BCUT2D eigenvalue weighted by atomic mass is 10.1. The smallest absolute Gasteiger partial charge is 0.227 e. The number of benzene rings is 1. The molecule has 0 bridgehead atoms. The first-order valence-electron chi connectivity index (χ1n) is 12.0. The van der Waals surface area contributed by atoms with Crippen molar-refractivity contribution in [2.75, 3.05) is 66.4 Å². The third-order valence-electron chi connectivity index (χ3n) is 6.41. The van der Waals surface area contributed by atoms with Crippen LogP contribution in [0.25, 0.3) is 0 Å². The van der Waals surface area contributed by atoms with Gasteiger partial charge in [-0.25, -0.2) is 9.97 Å². The van der Waals surface area contributed by atoms with Gasteiger partial charge in [0.2, 0.25) is 11.8 Å². The van der Waals surface area contributed by atoms with Crippen molar-refractivity contribution >= 4 is 28.8 Å². The molecule has 8 nitrogen and oxygen atoms in total. The number of pyridine rings is 1. The topological polar surface area (TPSA) is 69.7 Å². The van der Waals surface area contributed by atoms with Crippen LogP contribution >= 0.6 is 0 Å². The monoisotopic (exact) mass is 461 g/mol. The van der Waals surface area contributed by atoms with Crippen LogP contribution in [0.3, 0.4) is 0 Å². The van der Waals surface area contributed by atoms with Gasteiger partial charge in [0.05, 0.1) is 19.0 Å². The van der Waals surface area contributed by atoms with Crippen molar-refractivity contribution in [1.29, 1.82) is 0 Å². The summed E-state index contributed by atoms with van der Waals surface area (Å²) in [5.74, 6) is 2.20. The van der Waals surface area contributed by atoms with Gasteiger partial charge in [0.25, 0.3) is 0 Å². The lowest BCUT2D eigenvalue weighted by molar-refractivity contribution is 0.398. The Balaban J connectivity index is 1.43. The normalized spacial score (nSPS) is 13.7. The highest BCUT2D eigenvalue weighted by Gasteiger charge is 2.20. The van der Waals surface area contributed by atoms with Crippen LogP contribution in [0, 0.1) is 13.8 Å². The second-order valence-electron chi connectivity index (χ2n) is 8.53. The van der Waals surface area contributed by atoms with E-state index in [0.29, 0.717) is 5.88 Å². The van der Waals surface area contributed by atoms with Gasteiger partial charge in [-0.15, -0.1) is 0 Å². The van der Waals surface area contributed by atoms with Gasteiger partial charge in [0.15, 0.2) is 0 Å². The zero-order valence-corrected chi connectivity index (χ0v) is 20.9. The highest BCUT2D eigenvalue weighted by atomic mass is 16.5. The van der Waals surface area contributed by atoms with E-state index in [1.165, 1.54) is 16.8 Å². The summed E-state index contributed by atoms with van der Waals surface area (Å²) in [5, 5.41) is 3.51. The number of nitrogens with zero attached hydrogens (tertiary/aromatic N) is 6. The largest absolute Gasteiger partial charge is 0.481 e. The molecule has 0 radical (unpaired) electrons. The van der Waals surface area contributed by atoms with E-state index in [4.69, 9.17) is 9.72 Å². The fraction of sp³-hybridized carbons (Fsp3) is 0.423. The molecule has 0 spiro atoms. The van der Waals surface area contributed by atoms with E-state index < -0.39 is 0 Å². The molecule has 3 aromatic rings. The van der Waals surface area contributed by atoms with Crippen LogP contribution in [0.4, 0.5) is 28.8 Å². The second kappa shape index (κ2) is 10.6. The summed E-state index contributed by atoms with van der Waals surface area (Å²) < 4.78 is 5.16. The number of aryl methyl sites for hydroxylation is 2. The fourth-order valence-electron chi connectivity index (χ4n) is 4.39. The molecule has 180 valence electrons. The number of ether oxygens (including phenoxy) is 1. The van der Waals surface area contributed by atoms with Gasteiger partial charge in [0.1, 0.15) is 5.82 Å². The van der Waals surface area contributed by atoms with E-state index in [9.17, 15) is 0 Å². The molecule has 0 unspecified atom stereocenters. The number of hydrogen-bond acceptors (Lipinski definition) is 8. The van der Waals surface area contributed by atoms with Crippen LogP contribution < -0.4 is 24.8 Å². The molecule has 1 saturated heterocycles. The number of hydrogen-bond donors (Lipinski definition) is 1. The van der Waals surface area contributed by atoms with E-state index in [-0.39, 0.29) is 0 Å². The number of aromatic nitrogens is 3. The Morgan fingerprint density at radius 2 is 1.68 bits per heavy atom. The summed E-state index contributed by atoms with van der Waals surface area (Å²) in [5.41, 5.74) is 5.94. The Kier molecular flexibility index (Phi) is 7.35. The Labute approximate surface area is 202 Å². The van der Waals surface area contributed by atoms with Gasteiger partial charge >= 0.3 is 0 Å². The molecule has 2 aromatic heterocycles. The third-order valence-corrected chi connectivity index (χ3v) is 6.41. The minimum Gasteiger partial charge on any atom is -0.481 e. The van der Waals surface area contributed by atoms with Crippen molar-refractivity contribution in [2.45, 2.75) is 27.7 Å². The van der Waals surface area contributed by atoms with E-state index in [1.54, 1.807) is 7.11 Å². The molecular formula is C26H35N7O. The van der Waals surface area contributed by atoms with Crippen molar-refractivity contribution < 1.29 is 4.74 Å². The first-order valence-corrected chi connectivity index (χ1v) is 12.0. The van der Waals surface area contributed by atoms with Gasteiger partial charge in [-0.3, -0.25) is 0 Å². The number of piperazine rings is 1. The second-order valence-corrected chi connectivity index (χ2v) is 8.53. The maximum atomic E-state index is 5.16. The number of anilines is 5. The average Bonchev–Trinajstić information content (AvgIpc) is 2.88. The first-order chi connectivity index (χ1) is 16.5. The molecule has 1 fully saturated rings. The minimum absolute atomic E-state index is 0.633. The van der Waals surface area contributed by atoms with Crippen LogP contribution in [0.15, 0.2) is 42.7 Å². The number of methoxy groups -OCH3 is 1. The summed E-state index contributed by atoms with van der Waals surface area (Å²) in [4.78, 5) is 20.6. The zero-order chi connectivity index (χ0) is 24.1. The molecule has 1 aliphatic rings. The molecule has 1 aromatic carbocycles. The van der Waals surface area contributed by atoms with Crippen LogP contribution in [0.2, 0.25) is 0 Å². The lowest BCUT2D eigenvalue weighted by Gasteiger charge is -2.36. The fourth-order valence-corrected chi connectivity index (χ4v) is 4.39. The van der Waals surface area contributed by atoms with E-state index in [2.05, 4.69) is 75.9 Å². The van der Waals surface area contributed by atoms with Gasteiger partial charge in [-0.05, 0) is 63.1 Å². The molecule has 0 aliphatic carbocycles. The summed E-state index contributed by atoms with van der Waals surface area (Å²) in [6, 6.07) is 10.4. The molecule has 34 heavy (non-hydrogen) atoms. The Bertz CT molecular complexity index is 1090. The van der Waals surface area contributed by atoms with Crippen molar-refractivity contribution in [1.82, 2.24) is 15.0 Å². The van der Waals surface area contributed by atoms with E-state index in [0.717, 1.165) is 62.4 Å². The Hall–Kier alpha value is -3.55. The van der Waals surface area contributed by atoms with E-state index >= 15 is 0 Å². The van der Waals surface area contributed by atoms with Crippen LogP contribution in [0.1, 0.15) is 25.0 Å². The van der Waals surface area contributed by atoms with Crippen molar-refractivity contribution in [3.63, 3.8) is 0 Å². The predicted octanol–water partition coefficient (Wildman–Crippen LogP) is 4.41. The van der Waals surface area contributed by atoms with Crippen molar-refractivity contribution in [3.05, 3.63) is 53.9 Å². The average molecular weight is 462 g/mol. The quantitative estimate of drug-likeness (QED) is 0.529. The number of rotatable bonds is 8. The highest BCUT2D eigenvalue weighted by molar-refractivity contribution is 5.68. The molecule has 4 rings (SSSR count). The molecule has 0 atom stereocenters. The molecule has 0 amide bonds. The van der Waals surface area contributed by atoms with Gasteiger partial charge < -0.3 is 24.8 Å². The molecule has 3 heterocycles. The first kappa shape index (κ1) is 23.6. The Morgan fingerprint density at radius 1 is 0.941 bits per heavy atom. The van der Waals surface area contributed by atoms with Gasteiger partial charge in [-0.1, -0.05) is 0 Å². The van der Waals surface area contributed by atoms with Crippen molar-refractivity contribution in [2.24, 2.45) is 0 Å². The summed E-state index contributed by atoms with van der Waals surface area (Å²) in [7, 11) is 1.63. The standard InChI is InChI=1S/C26H35N7O/c1-6-31(7-2)23-17-19(3)22(16-20(23)4)29-24-10-11-27-26(30-24)33-14-12-32(13-15-33)21-8-9-25(34-5)28-18-21/h8-11,16-18H,6-7,12-15H2,1-5H3,(H,27,29,30). The highest BCUT2D eigenvalue weighted by Crippen LogP contribution is 2.29. The van der Waals surface area contributed by atoms with Crippen molar-refractivity contribution in [3.8, 4) is 5.88 Å². The molecule has 1 N–H and O–H groups in total. The summed E-state index contributed by atoms with van der Waals surface area (Å²) in [6.45, 7) is 14.2. The summed E-state index contributed by atoms with van der Waals surface area (Å²) >= 11 is 0.